The number of anilines is 1. The van der Waals surface area contributed by atoms with Crippen LogP contribution in [0.2, 0.25) is 10.0 Å². The van der Waals surface area contributed by atoms with Crippen LogP contribution < -0.4 is 4.90 Å². The lowest BCUT2D eigenvalue weighted by Crippen LogP contribution is -2.59. The summed E-state index contributed by atoms with van der Waals surface area (Å²) in [6.07, 6.45) is 1.07. The number of halogens is 2. The van der Waals surface area contributed by atoms with E-state index < -0.39 is 16.8 Å². The van der Waals surface area contributed by atoms with Gasteiger partial charge in [-0.15, -0.1) is 0 Å². The van der Waals surface area contributed by atoms with Gasteiger partial charge in [0.2, 0.25) is 0 Å². The molecule has 10 heteroatoms. The van der Waals surface area contributed by atoms with Crippen molar-refractivity contribution in [1.29, 1.82) is 0 Å². The van der Waals surface area contributed by atoms with Gasteiger partial charge in [0.05, 0.1) is 33.9 Å². The quantitative estimate of drug-likeness (QED) is 0.489. The van der Waals surface area contributed by atoms with Crippen LogP contribution in [0.1, 0.15) is 37.0 Å². The molecule has 4 rings (SSSR count). The Bertz CT molecular complexity index is 1140. The number of ether oxygens (including phenoxy) is 2. The second-order valence-corrected chi connectivity index (χ2v) is 11.4. The predicted molar refractivity (Wildman–Crippen MR) is 141 cm³/mol. The topological polar surface area (TPSA) is 76.2 Å². The molecule has 0 aliphatic carbocycles. The molecule has 3 atom stereocenters. The highest BCUT2D eigenvalue weighted by atomic mass is 35.5. The number of esters is 1. The van der Waals surface area contributed by atoms with Crippen LogP contribution in [0, 0.1) is 0 Å². The Labute approximate surface area is 224 Å². The molecular weight excluding hydrogens is 523 g/mol. The summed E-state index contributed by atoms with van der Waals surface area (Å²) in [6.45, 7) is 6.42. The van der Waals surface area contributed by atoms with Gasteiger partial charge < -0.3 is 19.3 Å². The number of hydrogen-bond donors (Lipinski definition) is 0. The molecule has 0 bridgehead atoms. The molecule has 2 aromatic carbocycles. The molecule has 2 aliphatic heterocycles. The van der Waals surface area contributed by atoms with E-state index in [1.807, 2.05) is 36.1 Å². The van der Waals surface area contributed by atoms with E-state index in [9.17, 15) is 13.8 Å². The number of carbonyl (C=O) groups is 2. The van der Waals surface area contributed by atoms with E-state index in [0.717, 1.165) is 5.69 Å². The third-order valence-electron chi connectivity index (χ3n) is 6.80. The van der Waals surface area contributed by atoms with Crippen molar-refractivity contribution < 1.29 is 23.3 Å². The van der Waals surface area contributed by atoms with E-state index in [0.29, 0.717) is 54.6 Å². The first-order valence-electron chi connectivity index (χ1n) is 12.0. The van der Waals surface area contributed by atoms with Crippen LogP contribution in [0.4, 0.5) is 5.69 Å². The van der Waals surface area contributed by atoms with Crippen LogP contribution in [0.15, 0.2) is 47.4 Å². The summed E-state index contributed by atoms with van der Waals surface area (Å²) in [5.74, 6) is -0.959. The minimum atomic E-state index is -1.68. The van der Waals surface area contributed by atoms with Gasteiger partial charge >= 0.3 is 5.97 Å². The normalized spacial score (nSPS) is 21.8. The highest BCUT2D eigenvalue weighted by molar-refractivity contribution is 7.85. The van der Waals surface area contributed by atoms with Crippen molar-refractivity contribution in [3.63, 3.8) is 0 Å². The Morgan fingerprint density at radius 3 is 2.50 bits per heavy atom. The van der Waals surface area contributed by atoms with Crippen molar-refractivity contribution in [3.8, 4) is 0 Å². The Morgan fingerprint density at radius 2 is 1.81 bits per heavy atom. The fourth-order valence-electron chi connectivity index (χ4n) is 4.63. The van der Waals surface area contributed by atoms with Gasteiger partial charge in [-0.3, -0.25) is 13.8 Å². The van der Waals surface area contributed by atoms with E-state index in [4.69, 9.17) is 32.7 Å². The maximum atomic E-state index is 13.4. The van der Waals surface area contributed by atoms with Gasteiger partial charge in [-0.1, -0.05) is 29.3 Å². The maximum Gasteiger partial charge on any atom is 0.319 e. The van der Waals surface area contributed by atoms with Gasteiger partial charge in [0, 0.05) is 54.3 Å². The van der Waals surface area contributed by atoms with E-state index in [1.54, 1.807) is 12.1 Å². The SMILES string of the molecule is CC1[C@H](C)N(C(=O)c2ccc(S(=O)CC(=O)OC3CCOCC3)c(Cl)c2)CCN1c1cccc(Cl)c1. The average molecular weight is 554 g/mol. The van der Waals surface area contributed by atoms with E-state index in [-0.39, 0.29) is 34.9 Å². The molecule has 1 amide bonds. The molecule has 36 heavy (non-hydrogen) atoms. The van der Waals surface area contributed by atoms with Gasteiger partial charge in [0.15, 0.2) is 0 Å². The van der Waals surface area contributed by atoms with Crippen molar-refractivity contribution in [2.45, 2.75) is 49.8 Å². The van der Waals surface area contributed by atoms with Crippen LogP contribution in [0.3, 0.4) is 0 Å². The smallest absolute Gasteiger partial charge is 0.319 e. The zero-order valence-corrected chi connectivity index (χ0v) is 22.7. The summed E-state index contributed by atoms with van der Waals surface area (Å²) in [6, 6.07) is 12.4. The zero-order valence-electron chi connectivity index (χ0n) is 20.3. The number of rotatable bonds is 6. The first kappa shape index (κ1) is 26.9. The molecule has 0 spiro atoms. The van der Waals surface area contributed by atoms with Crippen molar-refractivity contribution in [2.75, 3.05) is 37.0 Å². The summed E-state index contributed by atoms with van der Waals surface area (Å²) in [5.41, 5.74) is 1.44. The Kier molecular flexibility index (Phi) is 8.93. The van der Waals surface area contributed by atoms with Crippen LogP contribution >= 0.6 is 23.2 Å². The summed E-state index contributed by atoms with van der Waals surface area (Å²) in [5, 5.41) is 0.867. The highest BCUT2D eigenvalue weighted by Crippen LogP contribution is 2.29. The van der Waals surface area contributed by atoms with Crippen molar-refractivity contribution in [3.05, 3.63) is 58.1 Å². The van der Waals surface area contributed by atoms with Crippen LogP contribution in [-0.4, -0.2) is 71.2 Å². The molecule has 2 aromatic rings. The van der Waals surface area contributed by atoms with Gasteiger partial charge in [-0.25, -0.2) is 0 Å². The number of amides is 1. The van der Waals surface area contributed by atoms with Gasteiger partial charge in [0.25, 0.3) is 5.91 Å². The van der Waals surface area contributed by atoms with Crippen molar-refractivity contribution in [1.82, 2.24) is 4.90 Å². The highest BCUT2D eigenvalue weighted by Gasteiger charge is 2.34. The van der Waals surface area contributed by atoms with Crippen molar-refractivity contribution >= 4 is 51.6 Å². The van der Waals surface area contributed by atoms with Crippen molar-refractivity contribution in [2.24, 2.45) is 0 Å². The Balaban J connectivity index is 1.39. The van der Waals surface area contributed by atoms with Gasteiger partial charge in [-0.2, -0.15) is 0 Å². The van der Waals surface area contributed by atoms with E-state index in [2.05, 4.69) is 11.8 Å². The van der Waals surface area contributed by atoms with E-state index in [1.165, 1.54) is 6.07 Å². The summed E-state index contributed by atoms with van der Waals surface area (Å²) in [7, 11) is -1.68. The monoisotopic (exact) mass is 552 g/mol. The summed E-state index contributed by atoms with van der Waals surface area (Å²) < 4.78 is 23.4. The Morgan fingerprint density at radius 1 is 1.06 bits per heavy atom. The third kappa shape index (κ3) is 6.22. The predicted octanol–water partition coefficient (Wildman–Crippen LogP) is 4.56. The fraction of sp³-hybridized carbons (Fsp3) is 0.462. The third-order valence-corrected chi connectivity index (χ3v) is 8.81. The lowest BCUT2D eigenvalue weighted by Gasteiger charge is -2.46. The molecule has 0 aromatic heterocycles. The number of hydrogen-bond acceptors (Lipinski definition) is 6. The van der Waals surface area contributed by atoms with Crippen LogP contribution in [0.5, 0.6) is 0 Å². The van der Waals surface area contributed by atoms with Gasteiger partial charge in [0.1, 0.15) is 11.9 Å². The average Bonchev–Trinajstić information content (AvgIpc) is 2.85. The molecule has 194 valence electrons. The second kappa shape index (κ2) is 11.9. The number of carbonyl (C=O) groups excluding carboxylic acids is 2. The van der Waals surface area contributed by atoms with Gasteiger partial charge in [-0.05, 0) is 50.2 Å². The molecule has 2 fully saturated rings. The largest absolute Gasteiger partial charge is 0.461 e. The lowest BCUT2D eigenvalue weighted by atomic mass is 10.0. The van der Waals surface area contributed by atoms with E-state index >= 15 is 0 Å². The molecule has 0 N–H and O–H groups in total. The first-order chi connectivity index (χ1) is 17.2. The molecule has 0 radical (unpaired) electrons. The zero-order chi connectivity index (χ0) is 25.8. The minimum Gasteiger partial charge on any atom is -0.461 e. The lowest BCUT2D eigenvalue weighted by molar-refractivity contribution is -0.149. The first-order valence-corrected chi connectivity index (χ1v) is 14.1. The Hall–Kier alpha value is -2.13. The number of benzene rings is 2. The van der Waals surface area contributed by atoms with Crippen LogP contribution in [0.25, 0.3) is 0 Å². The molecule has 2 saturated heterocycles. The molecular formula is C26H30Cl2N2O5S. The minimum absolute atomic E-state index is 0.0576. The molecule has 0 saturated carbocycles. The van der Waals surface area contributed by atoms with Crippen LogP contribution in [-0.2, 0) is 25.1 Å². The maximum absolute atomic E-state index is 13.4. The second-order valence-electron chi connectivity index (χ2n) is 9.09. The molecule has 2 aliphatic rings. The summed E-state index contributed by atoms with van der Waals surface area (Å²) in [4.78, 5) is 30.0. The fourth-order valence-corrected chi connectivity index (χ4v) is 6.19. The molecule has 2 unspecified atom stereocenters. The number of piperazine rings is 1. The standard InChI is InChI=1S/C26H30Cl2N2O5S/c1-17-18(2)30(11-10-29(17)21-5-3-4-20(27)15-21)26(32)19-6-7-24(23(28)14-19)36(33)16-25(31)35-22-8-12-34-13-9-22/h3-7,14-15,17-18,22H,8-13,16H2,1-2H3/t17?,18-,36?/m0/s1. The molecule has 7 nitrogen and oxygen atoms in total. The summed E-state index contributed by atoms with van der Waals surface area (Å²) >= 11 is 12.6. The number of nitrogens with zero attached hydrogens (tertiary/aromatic N) is 2. The molecule has 2 heterocycles.